The third-order valence-electron chi connectivity index (χ3n) is 2.87. The van der Waals surface area contributed by atoms with Gasteiger partial charge >= 0.3 is 0 Å². The van der Waals surface area contributed by atoms with Crippen molar-refractivity contribution >= 4 is 0 Å². The highest BCUT2D eigenvalue weighted by Crippen LogP contribution is 2.00. The van der Waals surface area contributed by atoms with Gasteiger partial charge in [0.1, 0.15) is 0 Å². The van der Waals surface area contributed by atoms with E-state index in [-0.39, 0.29) is 0 Å². The van der Waals surface area contributed by atoms with E-state index in [4.69, 9.17) is 0 Å². The second kappa shape index (κ2) is 6.38. The van der Waals surface area contributed by atoms with Crippen molar-refractivity contribution in [1.82, 2.24) is 15.1 Å². The molecule has 1 rings (SSSR count). The molecule has 0 aliphatic carbocycles. The Hall–Kier alpha value is -0.120. The van der Waals surface area contributed by atoms with Crippen LogP contribution in [0.2, 0.25) is 0 Å². The van der Waals surface area contributed by atoms with E-state index in [9.17, 15) is 0 Å². The largest absolute Gasteiger partial charge is 0.313 e. The maximum absolute atomic E-state index is 3.54. The second-order valence-corrected chi connectivity index (χ2v) is 4.46. The van der Waals surface area contributed by atoms with Crippen LogP contribution in [0.1, 0.15) is 20.3 Å². The minimum Gasteiger partial charge on any atom is -0.313 e. The molecule has 0 amide bonds. The Morgan fingerprint density at radius 3 is 2.43 bits per heavy atom. The molecule has 0 aromatic carbocycles. The number of rotatable bonds is 5. The zero-order chi connectivity index (χ0) is 10.4. The molecule has 1 aliphatic rings. The van der Waals surface area contributed by atoms with Crippen molar-refractivity contribution in [2.24, 2.45) is 0 Å². The molecule has 1 saturated heterocycles. The predicted octanol–water partition coefficient (Wildman–Crippen LogP) is 0.622. The summed E-state index contributed by atoms with van der Waals surface area (Å²) >= 11 is 0. The van der Waals surface area contributed by atoms with Crippen LogP contribution in [0.3, 0.4) is 0 Å². The maximum Gasteiger partial charge on any atom is 0.0166 e. The van der Waals surface area contributed by atoms with Crippen LogP contribution in [-0.4, -0.2) is 62.2 Å². The molecule has 3 heteroatoms. The number of hydrogen-bond donors (Lipinski definition) is 1. The van der Waals surface area contributed by atoms with Gasteiger partial charge in [-0.1, -0.05) is 6.92 Å². The SMILES string of the molecule is CCCNC(C)CN1CCN(C)CC1. The number of piperazine rings is 1. The van der Waals surface area contributed by atoms with Gasteiger partial charge in [-0.2, -0.15) is 0 Å². The fraction of sp³-hybridized carbons (Fsp3) is 1.00. The molecule has 1 atom stereocenters. The van der Waals surface area contributed by atoms with Crippen LogP contribution >= 0.6 is 0 Å². The molecule has 1 heterocycles. The van der Waals surface area contributed by atoms with E-state index in [1.165, 1.54) is 39.1 Å². The molecule has 1 N–H and O–H groups in total. The molecule has 0 radical (unpaired) electrons. The topological polar surface area (TPSA) is 18.5 Å². The molecule has 0 spiro atoms. The van der Waals surface area contributed by atoms with E-state index in [1.54, 1.807) is 0 Å². The summed E-state index contributed by atoms with van der Waals surface area (Å²) in [6, 6.07) is 0.637. The average Bonchev–Trinajstić information content (AvgIpc) is 2.18. The van der Waals surface area contributed by atoms with E-state index < -0.39 is 0 Å². The Balaban J connectivity index is 2.10. The fourth-order valence-corrected chi connectivity index (χ4v) is 1.87. The Kier molecular flexibility index (Phi) is 5.45. The highest BCUT2D eigenvalue weighted by Gasteiger charge is 2.15. The number of nitrogens with one attached hydrogen (secondary N) is 1. The summed E-state index contributed by atoms with van der Waals surface area (Å²) < 4.78 is 0. The van der Waals surface area contributed by atoms with Gasteiger partial charge in [-0.3, -0.25) is 4.90 Å². The molecule has 84 valence electrons. The van der Waals surface area contributed by atoms with Gasteiger partial charge in [0.2, 0.25) is 0 Å². The van der Waals surface area contributed by atoms with Crippen molar-refractivity contribution < 1.29 is 0 Å². The third kappa shape index (κ3) is 4.40. The lowest BCUT2D eigenvalue weighted by Gasteiger charge is -2.34. The molecule has 1 fully saturated rings. The maximum atomic E-state index is 3.54. The summed E-state index contributed by atoms with van der Waals surface area (Å²) in [4.78, 5) is 4.97. The van der Waals surface area contributed by atoms with Gasteiger partial charge in [-0.25, -0.2) is 0 Å². The van der Waals surface area contributed by atoms with Crippen LogP contribution in [0.25, 0.3) is 0 Å². The van der Waals surface area contributed by atoms with Crippen LogP contribution in [0.4, 0.5) is 0 Å². The Bertz CT molecular complexity index is 141. The van der Waals surface area contributed by atoms with E-state index in [1.807, 2.05) is 0 Å². The Morgan fingerprint density at radius 1 is 1.21 bits per heavy atom. The minimum atomic E-state index is 0.637. The van der Waals surface area contributed by atoms with Gasteiger partial charge in [-0.15, -0.1) is 0 Å². The summed E-state index contributed by atoms with van der Waals surface area (Å²) in [5.74, 6) is 0. The summed E-state index contributed by atoms with van der Waals surface area (Å²) in [6.07, 6.45) is 1.23. The number of likely N-dealkylation sites (N-methyl/N-ethyl adjacent to an activating group) is 1. The molecule has 1 unspecified atom stereocenters. The zero-order valence-electron chi connectivity index (χ0n) is 9.92. The van der Waals surface area contributed by atoms with Crippen LogP contribution in [0.5, 0.6) is 0 Å². The van der Waals surface area contributed by atoms with E-state index in [0.29, 0.717) is 6.04 Å². The van der Waals surface area contributed by atoms with Gasteiger partial charge < -0.3 is 10.2 Å². The highest BCUT2D eigenvalue weighted by molar-refractivity contribution is 4.73. The van der Waals surface area contributed by atoms with Crippen molar-refractivity contribution in [2.75, 3.05) is 46.3 Å². The summed E-state index contributed by atoms with van der Waals surface area (Å²) in [7, 11) is 2.20. The lowest BCUT2D eigenvalue weighted by atomic mass is 10.2. The first-order valence-electron chi connectivity index (χ1n) is 5.86. The lowest BCUT2D eigenvalue weighted by Crippen LogP contribution is -2.48. The summed E-state index contributed by atoms with van der Waals surface area (Å²) in [5.41, 5.74) is 0. The lowest BCUT2D eigenvalue weighted by molar-refractivity contribution is 0.144. The molecule has 0 bridgehead atoms. The van der Waals surface area contributed by atoms with Gasteiger partial charge in [0.05, 0.1) is 0 Å². The van der Waals surface area contributed by atoms with E-state index in [2.05, 4.69) is 36.0 Å². The zero-order valence-corrected chi connectivity index (χ0v) is 9.92. The normalized spacial score (nSPS) is 22.5. The summed E-state index contributed by atoms with van der Waals surface area (Å²) in [6.45, 7) is 11.8. The summed E-state index contributed by atoms with van der Waals surface area (Å²) in [5, 5.41) is 3.54. The minimum absolute atomic E-state index is 0.637. The number of hydrogen-bond acceptors (Lipinski definition) is 3. The first-order chi connectivity index (χ1) is 6.72. The monoisotopic (exact) mass is 199 g/mol. The van der Waals surface area contributed by atoms with Gasteiger partial charge in [0, 0.05) is 38.8 Å². The van der Waals surface area contributed by atoms with Crippen molar-refractivity contribution in [3.05, 3.63) is 0 Å². The molecular formula is C11H25N3. The van der Waals surface area contributed by atoms with Crippen molar-refractivity contribution in [3.8, 4) is 0 Å². The second-order valence-electron chi connectivity index (χ2n) is 4.46. The quantitative estimate of drug-likeness (QED) is 0.700. The van der Waals surface area contributed by atoms with Gasteiger partial charge in [0.15, 0.2) is 0 Å². The fourth-order valence-electron chi connectivity index (χ4n) is 1.87. The molecule has 14 heavy (non-hydrogen) atoms. The van der Waals surface area contributed by atoms with Gasteiger partial charge in [-0.05, 0) is 26.9 Å². The van der Waals surface area contributed by atoms with Crippen molar-refractivity contribution in [3.63, 3.8) is 0 Å². The smallest absolute Gasteiger partial charge is 0.0166 e. The van der Waals surface area contributed by atoms with Gasteiger partial charge in [0.25, 0.3) is 0 Å². The molecule has 0 saturated carbocycles. The molecule has 0 aromatic rings. The van der Waals surface area contributed by atoms with Crippen LogP contribution in [0.15, 0.2) is 0 Å². The average molecular weight is 199 g/mol. The first-order valence-corrected chi connectivity index (χ1v) is 5.86. The van der Waals surface area contributed by atoms with E-state index in [0.717, 1.165) is 6.54 Å². The Labute approximate surface area is 88.5 Å². The van der Waals surface area contributed by atoms with Crippen molar-refractivity contribution in [2.45, 2.75) is 26.3 Å². The van der Waals surface area contributed by atoms with Crippen LogP contribution in [0, 0.1) is 0 Å². The van der Waals surface area contributed by atoms with Crippen molar-refractivity contribution in [1.29, 1.82) is 0 Å². The molecule has 3 nitrogen and oxygen atoms in total. The standard InChI is InChI=1S/C11H25N3/c1-4-5-12-11(2)10-14-8-6-13(3)7-9-14/h11-12H,4-10H2,1-3H3. The van der Waals surface area contributed by atoms with Crippen LogP contribution in [-0.2, 0) is 0 Å². The molecule has 1 aliphatic heterocycles. The van der Waals surface area contributed by atoms with Crippen LogP contribution < -0.4 is 5.32 Å². The predicted molar refractivity (Wildman–Crippen MR) is 61.7 cm³/mol. The molecule has 0 aromatic heterocycles. The Morgan fingerprint density at radius 2 is 1.86 bits per heavy atom. The highest BCUT2D eigenvalue weighted by atomic mass is 15.3. The first kappa shape index (κ1) is 12.0. The van der Waals surface area contributed by atoms with E-state index >= 15 is 0 Å². The molecular weight excluding hydrogens is 174 g/mol. The third-order valence-corrected chi connectivity index (χ3v) is 2.87. The number of nitrogens with zero attached hydrogens (tertiary/aromatic N) is 2.